The summed E-state index contributed by atoms with van der Waals surface area (Å²) in [5.41, 5.74) is -0.804. The number of benzene rings is 4. The van der Waals surface area contributed by atoms with Crippen molar-refractivity contribution >= 4 is 83.5 Å². The number of anilines is 4. The molecule has 0 aliphatic carbocycles. The van der Waals surface area contributed by atoms with Gasteiger partial charge in [-0.3, -0.25) is 36.5 Å². The Labute approximate surface area is 643 Å². The van der Waals surface area contributed by atoms with Crippen LogP contribution in [0, 0.1) is 43.3 Å². The van der Waals surface area contributed by atoms with Crippen LogP contribution >= 0.6 is 60.8 Å². The van der Waals surface area contributed by atoms with Crippen molar-refractivity contribution in [2.75, 3.05) is 176 Å². The second kappa shape index (κ2) is 31.3. The van der Waals surface area contributed by atoms with E-state index < -0.39 is 110 Å². The molecule has 608 valence electrons. The van der Waals surface area contributed by atoms with Crippen molar-refractivity contribution in [3.05, 3.63) is 119 Å². The third-order valence-corrected chi connectivity index (χ3v) is 33.7. The molecule has 8 fully saturated rings. The summed E-state index contributed by atoms with van der Waals surface area (Å²) in [6.07, 6.45) is -2.62. The SMILES string of the molecule is CC1(C)COP(=O)(CN(CP2(=O)OCC(C)(C)CO2)c2ccc(C(c3ccc(N(CP4(=O)OCC(C)(C)CO4)CP4(=O)OCC(C)(C)CO4)cc3)(c3ccc(N(CP4(=O)OCC(C)(C)CO4)CP4(=O)OCC(C)(C)CO4)cc3)c3ccc(N(CP4(=O)OCC(C)(C)CO4)CP4(=O)OCC(C)(C)CO4)cc3)cc2)OC1. The van der Waals surface area contributed by atoms with Crippen molar-refractivity contribution in [1.29, 1.82) is 0 Å². The molecule has 109 heavy (non-hydrogen) atoms. The van der Waals surface area contributed by atoms with Crippen LogP contribution in [-0.2, 0) is 114 Å². The molecule has 4 aromatic carbocycles. The minimum Gasteiger partial charge on any atom is -0.348 e. The maximum absolute atomic E-state index is 14.8. The second-order valence-corrected chi connectivity index (χ2v) is 53.0. The quantitative estimate of drug-likeness (QED) is 0.0465. The molecule has 0 atom stereocenters. The van der Waals surface area contributed by atoms with E-state index in [0.717, 1.165) is 0 Å². The highest BCUT2D eigenvalue weighted by Crippen LogP contribution is 2.65. The van der Waals surface area contributed by atoms with Gasteiger partial charge in [0, 0.05) is 66.1 Å². The number of nitrogens with zero attached hydrogens (tertiary/aromatic N) is 4. The van der Waals surface area contributed by atoms with Crippen molar-refractivity contribution < 1.29 is 109 Å². The maximum Gasteiger partial charge on any atom is 0.349 e. The summed E-state index contributed by atoms with van der Waals surface area (Å²) in [6.45, 7) is 33.3. The Morgan fingerprint density at radius 1 is 0.211 bits per heavy atom. The largest absolute Gasteiger partial charge is 0.349 e. The molecule has 36 heteroatoms. The maximum atomic E-state index is 14.8. The Morgan fingerprint density at radius 3 is 0.413 bits per heavy atom. The van der Waals surface area contributed by atoms with E-state index in [-0.39, 0.29) is 156 Å². The Kier molecular flexibility index (Phi) is 24.6. The molecule has 8 aliphatic heterocycles. The Balaban J connectivity index is 1.05. The van der Waals surface area contributed by atoms with Gasteiger partial charge in [0.25, 0.3) is 0 Å². The average molecular weight is 1680 g/mol. The molecule has 4 aromatic rings. The molecule has 0 aromatic heterocycles. The molecule has 0 radical (unpaired) electrons. The minimum atomic E-state index is -3.92. The molecule has 8 heterocycles. The number of hydrogen-bond donors (Lipinski definition) is 0. The van der Waals surface area contributed by atoms with E-state index in [9.17, 15) is 36.5 Å². The van der Waals surface area contributed by atoms with Crippen LogP contribution in [0.15, 0.2) is 97.1 Å². The highest BCUT2D eigenvalue weighted by molar-refractivity contribution is 7.57. The zero-order valence-corrected chi connectivity index (χ0v) is 73.0. The van der Waals surface area contributed by atoms with Crippen molar-refractivity contribution in [2.24, 2.45) is 43.3 Å². The summed E-state index contributed by atoms with van der Waals surface area (Å²) < 4.78 is 216. The van der Waals surface area contributed by atoms with Crippen LogP contribution in [0.4, 0.5) is 22.7 Å². The lowest BCUT2D eigenvalue weighted by molar-refractivity contribution is 0.0392. The van der Waals surface area contributed by atoms with Gasteiger partial charge in [-0.05, 0) is 70.8 Å². The first-order chi connectivity index (χ1) is 50.4. The summed E-state index contributed by atoms with van der Waals surface area (Å²) in [5.74, 6) is 0. The second-order valence-electron chi connectivity index (χ2n) is 36.8. The summed E-state index contributed by atoms with van der Waals surface area (Å²) in [4.78, 5) is 6.59. The van der Waals surface area contributed by atoms with Gasteiger partial charge in [0.05, 0.1) is 111 Å². The van der Waals surface area contributed by atoms with Crippen LogP contribution in [0.5, 0.6) is 0 Å². The summed E-state index contributed by atoms with van der Waals surface area (Å²) in [5, 5.41) is 0. The van der Waals surface area contributed by atoms with Gasteiger partial charge in [0.2, 0.25) is 0 Å². The molecule has 0 amide bonds. The normalized spacial score (nSPS) is 26.2. The van der Waals surface area contributed by atoms with Crippen LogP contribution in [0.25, 0.3) is 0 Å². The van der Waals surface area contributed by atoms with Crippen LogP contribution in [0.1, 0.15) is 133 Å². The van der Waals surface area contributed by atoms with Crippen molar-refractivity contribution in [2.45, 2.75) is 116 Å². The Hall–Kier alpha value is -2.72. The molecular weight excluding hydrogens is 1560 g/mol. The van der Waals surface area contributed by atoms with E-state index in [0.29, 0.717) is 45.0 Å². The van der Waals surface area contributed by atoms with E-state index in [4.69, 9.17) is 72.4 Å². The fourth-order valence-corrected chi connectivity index (χ4v) is 29.6. The summed E-state index contributed by atoms with van der Waals surface area (Å²) in [7, 11) is -31.3. The van der Waals surface area contributed by atoms with E-state index in [1.54, 1.807) is 19.6 Å². The molecule has 0 saturated carbocycles. The fourth-order valence-electron chi connectivity index (χ4n) is 12.8. The molecule has 8 aliphatic rings. The van der Waals surface area contributed by atoms with E-state index in [1.165, 1.54) is 0 Å². The zero-order chi connectivity index (χ0) is 79.0. The standard InChI is InChI=1S/C73H112N4O24P8/c1-65(2)33-86-102(78,87-34-65)49-74(50-103(79)88-35-66(3,4)36-89-103)61-25-17-57(18-26-61)73(58-19-27-62(28-20-58)75(51-104(80)90-37-67(5,6)38-91-104)52-105(81)92-39-68(7,8)40-93-105,59-21-29-63(30-22-59)76(53-106(82)94-41-69(9,10)42-95-106)54-107(83)96-43-70(11,12)44-97-107)60-23-31-64(32-24-60)77(55-108(84)98-45-71(13,14)46-99-108)56-109(85)100-47-72(15,16)48-101-109/h17-32H,33-56H2,1-16H3. The van der Waals surface area contributed by atoms with Crippen LogP contribution in [0.2, 0.25) is 0 Å². The lowest BCUT2D eigenvalue weighted by Crippen LogP contribution is -2.37. The van der Waals surface area contributed by atoms with Crippen molar-refractivity contribution in [3.63, 3.8) is 0 Å². The molecular formula is C73H112N4O24P8. The van der Waals surface area contributed by atoms with Gasteiger partial charge >= 0.3 is 60.8 Å². The third-order valence-electron chi connectivity index (χ3n) is 19.8. The van der Waals surface area contributed by atoms with Gasteiger partial charge in [-0.15, -0.1) is 0 Å². The van der Waals surface area contributed by atoms with Crippen molar-refractivity contribution in [1.82, 2.24) is 0 Å². The fraction of sp³-hybridized carbons (Fsp3) is 0.671. The van der Waals surface area contributed by atoms with E-state index in [2.05, 4.69) is 0 Å². The molecule has 0 bridgehead atoms. The first-order valence-corrected chi connectivity index (χ1v) is 50.7. The lowest BCUT2D eigenvalue weighted by Gasteiger charge is -2.41. The van der Waals surface area contributed by atoms with E-state index >= 15 is 0 Å². The molecule has 0 spiro atoms. The lowest BCUT2D eigenvalue weighted by atomic mass is 9.65. The van der Waals surface area contributed by atoms with Crippen molar-refractivity contribution in [3.8, 4) is 0 Å². The monoisotopic (exact) mass is 1680 g/mol. The first-order valence-electron chi connectivity index (χ1n) is 36.9. The molecule has 0 N–H and O–H groups in total. The average Bonchev–Trinajstić information content (AvgIpc) is 0.722. The van der Waals surface area contributed by atoms with Gasteiger partial charge in [-0.25, -0.2) is 0 Å². The van der Waals surface area contributed by atoms with Gasteiger partial charge in [-0.1, -0.05) is 159 Å². The van der Waals surface area contributed by atoms with Gasteiger partial charge in [-0.2, -0.15) is 0 Å². The summed E-state index contributed by atoms with van der Waals surface area (Å²) >= 11 is 0. The molecule has 12 rings (SSSR count). The van der Waals surface area contributed by atoms with Crippen LogP contribution in [0.3, 0.4) is 0 Å². The molecule has 28 nitrogen and oxygen atoms in total. The predicted molar refractivity (Wildman–Crippen MR) is 420 cm³/mol. The van der Waals surface area contributed by atoms with E-state index in [1.807, 2.05) is 208 Å². The Bertz CT molecular complexity index is 3510. The predicted octanol–water partition coefficient (Wildman–Crippen LogP) is 19.1. The summed E-state index contributed by atoms with van der Waals surface area (Å²) in [6, 6.07) is 29.7. The molecule has 8 saturated heterocycles. The zero-order valence-electron chi connectivity index (χ0n) is 65.9. The number of hydrogen-bond acceptors (Lipinski definition) is 28. The van der Waals surface area contributed by atoms with Gasteiger partial charge < -0.3 is 92.0 Å². The van der Waals surface area contributed by atoms with Crippen LogP contribution in [-0.4, -0.2) is 156 Å². The Morgan fingerprint density at radius 2 is 0.312 bits per heavy atom. The van der Waals surface area contributed by atoms with Gasteiger partial charge in [0.1, 0.15) is 50.3 Å². The highest BCUT2D eigenvalue weighted by Gasteiger charge is 2.50. The number of rotatable bonds is 24. The minimum absolute atomic E-state index is 0.136. The molecule has 0 unspecified atom stereocenters. The van der Waals surface area contributed by atoms with Crippen LogP contribution < -0.4 is 19.6 Å². The first kappa shape index (κ1) is 85.6. The highest BCUT2D eigenvalue weighted by atomic mass is 31.2. The third kappa shape index (κ3) is 21.4. The van der Waals surface area contributed by atoms with Gasteiger partial charge in [0.15, 0.2) is 0 Å². The smallest absolute Gasteiger partial charge is 0.348 e. The topological polar surface area (TPSA) is 297 Å².